The molecule has 1 aliphatic carbocycles. The number of rotatable bonds is 5. The topological polar surface area (TPSA) is 92.9 Å². The Morgan fingerprint density at radius 3 is 2.00 bits per heavy atom. The Kier molecular flexibility index (Phi) is 5.10. The molecule has 3 saturated heterocycles. The van der Waals surface area contributed by atoms with Crippen LogP contribution in [0, 0.1) is 6.92 Å². The molecule has 3 fully saturated rings. The van der Waals surface area contributed by atoms with Gasteiger partial charge in [-0.05, 0) is 18.6 Å². The summed E-state index contributed by atoms with van der Waals surface area (Å²) in [6, 6.07) is 7.17. The molecule has 5 rings (SSSR count). The van der Waals surface area contributed by atoms with Gasteiger partial charge in [-0.15, -0.1) is 0 Å². The summed E-state index contributed by atoms with van der Waals surface area (Å²) >= 11 is 0. The lowest BCUT2D eigenvalue weighted by atomic mass is 10.0. The molecule has 2 N–H and O–H groups in total. The fourth-order valence-corrected chi connectivity index (χ4v) is 3.40. The monoisotopic (exact) mass is 403 g/mol. The zero-order valence-electron chi connectivity index (χ0n) is 15.5. The summed E-state index contributed by atoms with van der Waals surface area (Å²) in [5.74, 6) is 0.566. The van der Waals surface area contributed by atoms with Gasteiger partial charge in [0.15, 0.2) is 0 Å². The molecule has 1 aromatic carbocycles. The van der Waals surface area contributed by atoms with E-state index < -0.39 is 8.60 Å². The van der Waals surface area contributed by atoms with Crippen molar-refractivity contribution in [3.8, 4) is 5.75 Å². The molecule has 0 bridgehead atoms. The molecule has 0 aromatic heterocycles. The molecule has 9 heteroatoms. The average molecular weight is 403 g/mol. The number of nitrogens with zero attached hydrogens (tertiary/aromatic N) is 3. The van der Waals surface area contributed by atoms with Gasteiger partial charge in [-0.2, -0.15) is 0 Å². The quantitative estimate of drug-likeness (QED) is 0.423. The van der Waals surface area contributed by atoms with Crippen LogP contribution in [0.2, 0.25) is 0 Å². The van der Waals surface area contributed by atoms with Gasteiger partial charge in [0.2, 0.25) is 11.6 Å². The summed E-state index contributed by atoms with van der Waals surface area (Å²) in [5.41, 5.74) is 2.78. The maximum atomic E-state index is 12.4. The van der Waals surface area contributed by atoms with Crippen LogP contribution in [-0.2, 0) is 9.59 Å². The highest BCUT2D eigenvalue weighted by atomic mass is 31.2. The van der Waals surface area contributed by atoms with E-state index >= 15 is 0 Å². The van der Waals surface area contributed by atoms with Gasteiger partial charge >= 0.3 is 8.60 Å². The molecule has 0 radical (unpaired) electrons. The van der Waals surface area contributed by atoms with Crippen molar-refractivity contribution < 1.29 is 23.9 Å². The van der Waals surface area contributed by atoms with Gasteiger partial charge in [-0.1, -0.05) is 18.2 Å². The van der Waals surface area contributed by atoms with E-state index in [1.54, 1.807) is 12.1 Å². The maximum absolute atomic E-state index is 12.4. The highest BCUT2D eigenvalue weighted by Gasteiger charge is 2.43. The minimum absolute atomic E-state index is 0.00546. The Balaban J connectivity index is 0.000000153. The fourth-order valence-electron chi connectivity index (χ4n) is 3.02. The second-order valence-corrected chi connectivity index (χ2v) is 7.68. The van der Waals surface area contributed by atoms with E-state index in [0.29, 0.717) is 22.8 Å². The Morgan fingerprint density at radius 2 is 1.46 bits per heavy atom. The zero-order valence-corrected chi connectivity index (χ0v) is 16.4. The van der Waals surface area contributed by atoms with Crippen LogP contribution in [0.15, 0.2) is 47.4 Å². The molecule has 148 valence electrons. The number of allylic oxidation sites excluding steroid dienone is 1. The summed E-state index contributed by atoms with van der Waals surface area (Å²) in [7, 11) is -2.29. The first kappa shape index (κ1) is 18.9. The number of aryl methyl sites for hydroxylation is 1. The van der Waals surface area contributed by atoms with Gasteiger partial charge in [-0.3, -0.25) is 9.59 Å². The molecular formula is C19H22N3O5P. The lowest BCUT2D eigenvalue weighted by Crippen LogP contribution is -2.29. The molecule has 0 spiro atoms. The fraction of sp³-hybridized carbons (Fsp3) is 0.368. The van der Waals surface area contributed by atoms with Crippen LogP contribution in [0.5, 0.6) is 5.75 Å². The number of hydrogen-bond donors (Lipinski definition) is 2. The van der Waals surface area contributed by atoms with Crippen molar-refractivity contribution in [1.29, 1.82) is 0 Å². The lowest BCUT2D eigenvalue weighted by Gasteiger charge is -2.21. The van der Waals surface area contributed by atoms with Crippen molar-refractivity contribution in [3.05, 3.63) is 53.0 Å². The largest absolute Gasteiger partial charge is 0.427 e. The minimum atomic E-state index is -2.29. The Bertz CT molecular complexity index is 870. The highest BCUT2D eigenvalue weighted by molar-refractivity contribution is 7.39. The smallest absolute Gasteiger partial charge is 0.391 e. The predicted molar refractivity (Wildman–Crippen MR) is 103 cm³/mol. The normalized spacial score (nSPS) is 20.1. The van der Waals surface area contributed by atoms with Crippen molar-refractivity contribution in [2.45, 2.75) is 6.92 Å². The average Bonchev–Trinajstić information content (AvgIpc) is 3.49. The maximum Gasteiger partial charge on any atom is 0.391 e. The molecular weight excluding hydrogens is 381 g/mol. The van der Waals surface area contributed by atoms with E-state index in [4.69, 9.17) is 14.3 Å². The standard InChI is InChI=1S/C12H13N3O2.C7H9O3P/c16-9-7-8(13-1-2-13)12(17)11(15-5-6-15)10(9)14-3-4-14;1-6-4-2-3-5-7(6)10-11(8)9/h7H,1-6H2;2-5,8-9H,1H3. The number of ketones is 2. The SMILES string of the molecule is Cc1ccccc1OP(O)O.O=C1C=C(N2CC2)C(=O)C(N2CC2)=C1N1CC1. The minimum Gasteiger partial charge on any atom is -0.427 e. The van der Waals surface area contributed by atoms with E-state index in [9.17, 15) is 9.59 Å². The van der Waals surface area contributed by atoms with E-state index in [2.05, 4.69) is 0 Å². The van der Waals surface area contributed by atoms with Crippen LogP contribution in [-0.4, -0.2) is 75.3 Å². The zero-order chi connectivity index (χ0) is 19.8. The van der Waals surface area contributed by atoms with Gasteiger partial charge in [0.25, 0.3) is 0 Å². The van der Waals surface area contributed by atoms with Crippen molar-refractivity contribution in [1.82, 2.24) is 14.7 Å². The first-order valence-electron chi connectivity index (χ1n) is 9.17. The molecule has 4 aliphatic rings. The first-order chi connectivity index (χ1) is 13.5. The van der Waals surface area contributed by atoms with Crippen LogP contribution in [0.3, 0.4) is 0 Å². The number of carbonyl (C=O) groups is 2. The molecule has 28 heavy (non-hydrogen) atoms. The number of carbonyl (C=O) groups excluding carboxylic acids is 2. The van der Waals surface area contributed by atoms with Crippen LogP contribution < -0.4 is 4.52 Å². The second-order valence-electron chi connectivity index (χ2n) is 6.99. The molecule has 8 nitrogen and oxygen atoms in total. The first-order valence-corrected chi connectivity index (χ1v) is 10.3. The van der Waals surface area contributed by atoms with Crippen LogP contribution in [0.4, 0.5) is 0 Å². The van der Waals surface area contributed by atoms with E-state index in [-0.39, 0.29) is 11.6 Å². The van der Waals surface area contributed by atoms with Gasteiger partial charge in [-0.25, -0.2) is 0 Å². The predicted octanol–water partition coefficient (Wildman–Crippen LogP) is 0.766. The third-order valence-electron chi connectivity index (χ3n) is 4.76. The van der Waals surface area contributed by atoms with Crippen molar-refractivity contribution in [2.75, 3.05) is 39.3 Å². The van der Waals surface area contributed by atoms with Gasteiger partial charge in [0.05, 0.1) is 5.70 Å². The van der Waals surface area contributed by atoms with Crippen molar-refractivity contribution in [2.24, 2.45) is 0 Å². The van der Waals surface area contributed by atoms with E-state index in [1.807, 2.05) is 33.8 Å². The molecule has 0 unspecified atom stereocenters. The molecule has 3 aliphatic heterocycles. The Labute approximate surface area is 164 Å². The Morgan fingerprint density at radius 1 is 0.893 bits per heavy atom. The third-order valence-corrected chi connectivity index (χ3v) is 5.12. The molecule has 3 heterocycles. The number of benzene rings is 1. The number of hydrogen-bond acceptors (Lipinski definition) is 8. The van der Waals surface area contributed by atoms with Crippen LogP contribution >= 0.6 is 8.60 Å². The lowest BCUT2D eigenvalue weighted by molar-refractivity contribution is -0.117. The molecule has 0 saturated carbocycles. The number of para-hydroxylation sites is 1. The van der Waals surface area contributed by atoms with Gasteiger partial charge < -0.3 is 29.0 Å². The van der Waals surface area contributed by atoms with E-state index in [1.165, 1.54) is 6.08 Å². The number of Topliss-reactive ketones (excluding diaryl/α,β-unsaturated/α-hetero) is 1. The summed E-state index contributed by atoms with van der Waals surface area (Å²) in [6.45, 7) is 7.25. The second kappa shape index (κ2) is 7.54. The molecule has 1 aromatic rings. The van der Waals surface area contributed by atoms with Gasteiger partial charge in [0.1, 0.15) is 17.1 Å². The summed E-state index contributed by atoms with van der Waals surface area (Å²) in [5, 5.41) is 0. The van der Waals surface area contributed by atoms with Crippen LogP contribution in [0.1, 0.15) is 5.56 Å². The van der Waals surface area contributed by atoms with Crippen molar-refractivity contribution >= 4 is 20.2 Å². The third kappa shape index (κ3) is 4.19. The van der Waals surface area contributed by atoms with E-state index in [0.717, 1.165) is 44.8 Å². The summed E-state index contributed by atoms with van der Waals surface area (Å²) < 4.78 is 4.72. The summed E-state index contributed by atoms with van der Waals surface area (Å²) in [4.78, 5) is 47.5. The molecule has 0 amide bonds. The highest BCUT2D eigenvalue weighted by Crippen LogP contribution is 2.34. The van der Waals surface area contributed by atoms with Crippen molar-refractivity contribution in [3.63, 3.8) is 0 Å². The summed E-state index contributed by atoms with van der Waals surface area (Å²) in [6.07, 6.45) is 1.52. The Hall–Kier alpha value is -2.41. The van der Waals surface area contributed by atoms with Gasteiger partial charge in [0, 0.05) is 45.3 Å². The van der Waals surface area contributed by atoms with Crippen LogP contribution in [0.25, 0.3) is 0 Å². The molecule has 0 atom stereocenters.